The third-order valence-electron chi connectivity index (χ3n) is 3.70. The molecule has 1 N–H and O–H groups in total. The van der Waals surface area contributed by atoms with Gasteiger partial charge in [-0.15, -0.1) is 0 Å². The standard InChI is InChI=1S/C15H20BrNO3/c1-19-13-8-7-10(16)9-12(13)14(15(18)20-2)17-11-5-3-4-6-11/h7-9,11,14,17H,3-6H2,1-2H3. The zero-order valence-corrected chi connectivity index (χ0v) is 13.4. The van der Waals surface area contributed by atoms with Crippen LogP contribution in [0.25, 0.3) is 0 Å². The Hall–Kier alpha value is -1.07. The van der Waals surface area contributed by atoms with Crippen LogP contribution in [-0.4, -0.2) is 26.2 Å². The van der Waals surface area contributed by atoms with Gasteiger partial charge >= 0.3 is 5.97 Å². The van der Waals surface area contributed by atoms with E-state index < -0.39 is 6.04 Å². The van der Waals surface area contributed by atoms with Gasteiger partial charge in [-0.25, -0.2) is 4.79 Å². The lowest BCUT2D eigenvalue weighted by Crippen LogP contribution is -2.36. The molecule has 1 aromatic carbocycles. The summed E-state index contributed by atoms with van der Waals surface area (Å²) in [6.45, 7) is 0. The van der Waals surface area contributed by atoms with Crippen LogP contribution in [0, 0.1) is 0 Å². The number of hydrogen-bond donors (Lipinski definition) is 1. The van der Waals surface area contributed by atoms with Gasteiger partial charge in [0.2, 0.25) is 0 Å². The fraction of sp³-hybridized carbons (Fsp3) is 0.533. The summed E-state index contributed by atoms with van der Waals surface area (Å²) < 4.78 is 11.2. The summed E-state index contributed by atoms with van der Waals surface area (Å²) in [6, 6.07) is 5.53. The highest BCUT2D eigenvalue weighted by Gasteiger charge is 2.28. The summed E-state index contributed by atoms with van der Waals surface area (Å²) in [7, 11) is 3.02. The fourth-order valence-electron chi connectivity index (χ4n) is 2.66. The van der Waals surface area contributed by atoms with Gasteiger partial charge in [0.25, 0.3) is 0 Å². The molecule has 0 spiro atoms. The minimum absolute atomic E-state index is 0.284. The van der Waals surface area contributed by atoms with Crippen LogP contribution in [0.2, 0.25) is 0 Å². The van der Waals surface area contributed by atoms with Crippen molar-refractivity contribution < 1.29 is 14.3 Å². The first-order chi connectivity index (χ1) is 9.65. The lowest BCUT2D eigenvalue weighted by atomic mass is 10.0. The van der Waals surface area contributed by atoms with Crippen LogP contribution in [0.4, 0.5) is 0 Å². The van der Waals surface area contributed by atoms with Crippen molar-refractivity contribution in [3.8, 4) is 5.75 Å². The Morgan fingerprint density at radius 1 is 1.35 bits per heavy atom. The summed E-state index contributed by atoms with van der Waals surface area (Å²) in [5.74, 6) is 0.405. The Balaban J connectivity index is 2.29. The number of benzene rings is 1. The van der Waals surface area contributed by atoms with E-state index in [4.69, 9.17) is 9.47 Å². The van der Waals surface area contributed by atoms with Crippen molar-refractivity contribution >= 4 is 21.9 Å². The van der Waals surface area contributed by atoms with Gasteiger partial charge in [0.05, 0.1) is 14.2 Å². The van der Waals surface area contributed by atoms with Crippen molar-refractivity contribution in [1.82, 2.24) is 5.32 Å². The van der Waals surface area contributed by atoms with E-state index in [9.17, 15) is 4.79 Å². The SMILES string of the molecule is COC(=O)C(NC1CCCC1)c1cc(Br)ccc1OC. The average molecular weight is 342 g/mol. The van der Waals surface area contributed by atoms with Crippen molar-refractivity contribution in [2.24, 2.45) is 0 Å². The molecule has 20 heavy (non-hydrogen) atoms. The molecule has 110 valence electrons. The number of nitrogens with one attached hydrogen (secondary N) is 1. The van der Waals surface area contributed by atoms with Gasteiger partial charge in [-0.1, -0.05) is 28.8 Å². The molecule has 1 saturated carbocycles. The van der Waals surface area contributed by atoms with Gasteiger partial charge in [-0.2, -0.15) is 0 Å². The zero-order valence-electron chi connectivity index (χ0n) is 11.8. The molecule has 2 rings (SSSR count). The van der Waals surface area contributed by atoms with Crippen LogP contribution < -0.4 is 10.1 Å². The van der Waals surface area contributed by atoms with Crippen LogP contribution in [-0.2, 0) is 9.53 Å². The summed E-state index contributed by atoms with van der Waals surface area (Å²) in [6.07, 6.45) is 4.62. The van der Waals surface area contributed by atoms with Crippen LogP contribution in [0.3, 0.4) is 0 Å². The highest BCUT2D eigenvalue weighted by molar-refractivity contribution is 9.10. The first-order valence-electron chi connectivity index (χ1n) is 6.83. The van der Waals surface area contributed by atoms with E-state index in [0.717, 1.165) is 22.9 Å². The zero-order chi connectivity index (χ0) is 14.5. The lowest BCUT2D eigenvalue weighted by Gasteiger charge is -2.23. The van der Waals surface area contributed by atoms with Gasteiger partial charge in [-0.3, -0.25) is 5.32 Å². The fourth-order valence-corrected chi connectivity index (χ4v) is 3.04. The molecule has 0 bridgehead atoms. The van der Waals surface area contributed by atoms with Crippen LogP contribution in [0.1, 0.15) is 37.3 Å². The highest BCUT2D eigenvalue weighted by atomic mass is 79.9. The van der Waals surface area contributed by atoms with Gasteiger partial charge in [0.15, 0.2) is 0 Å². The Morgan fingerprint density at radius 3 is 2.65 bits per heavy atom. The van der Waals surface area contributed by atoms with Gasteiger partial charge in [0.1, 0.15) is 11.8 Å². The number of carbonyl (C=O) groups excluding carboxylic acids is 1. The number of rotatable bonds is 5. The summed E-state index contributed by atoms with van der Waals surface area (Å²) in [5.41, 5.74) is 0.806. The lowest BCUT2D eigenvalue weighted by molar-refractivity contribution is -0.143. The van der Waals surface area contributed by atoms with Crippen molar-refractivity contribution in [2.45, 2.75) is 37.8 Å². The second kappa shape index (κ2) is 7.09. The van der Waals surface area contributed by atoms with E-state index in [2.05, 4.69) is 21.2 Å². The number of hydrogen-bond acceptors (Lipinski definition) is 4. The Bertz CT molecular complexity index is 472. The van der Waals surface area contributed by atoms with Gasteiger partial charge in [0, 0.05) is 16.1 Å². The first-order valence-corrected chi connectivity index (χ1v) is 7.62. The predicted molar refractivity (Wildman–Crippen MR) is 80.8 cm³/mol. The maximum Gasteiger partial charge on any atom is 0.327 e. The molecule has 1 fully saturated rings. The van der Waals surface area contributed by atoms with Crippen molar-refractivity contribution in [3.05, 3.63) is 28.2 Å². The molecule has 1 aliphatic rings. The van der Waals surface area contributed by atoms with E-state index in [-0.39, 0.29) is 5.97 Å². The van der Waals surface area contributed by atoms with Crippen molar-refractivity contribution in [1.29, 1.82) is 0 Å². The molecule has 0 heterocycles. The molecular weight excluding hydrogens is 322 g/mol. The Labute approximate surface area is 128 Å². The molecule has 4 nitrogen and oxygen atoms in total. The van der Waals surface area contributed by atoms with Crippen LogP contribution in [0.15, 0.2) is 22.7 Å². The second-order valence-corrected chi connectivity index (χ2v) is 5.91. The predicted octanol–water partition coefficient (Wildman–Crippen LogP) is 3.20. The number of esters is 1. The van der Waals surface area contributed by atoms with Crippen LogP contribution >= 0.6 is 15.9 Å². The Morgan fingerprint density at radius 2 is 2.05 bits per heavy atom. The summed E-state index contributed by atoms with van der Waals surface area (Å²) in [5, 5.41) is 3.41. The normalized spacial score (nSPS) is 16.9. The van der Waals surface area contributed by atoms with E-state index in [0.29, 0.717) is 11.8 Å². The molecule has 1 aromatic rings. The summed E-state index contributed by atoms with van der Waals surface area (Å²) in [4.78, 5) is 12.1. The first kappa shape index (κ1) is 15.3. The largest absolute Gasteiger partial charge is 0.496 e. The minimum Gasteiger partial charge on any atom is -0.496 e. The number of ether oxygens (including phenoxy) is 2. The van der Waals surface area contributed by atoms with E-state index in [1.807, 2.05) is 18.2 Å². The number of halogens is 1. The molecule has 1 unspecified atom stereocenters. The van der Waals surface area contributed by atoms with E-state index in [1.54, 1.807) is 7.11 Å². The molecule has 5 heteroatoms. The molecule has 0 saturated heterocycles. The number of methoxy groups -OCH3 is 2. The van der Waals surface area contributed by atoms with E-state index in [1.165, 1.54) is 20.0 Å². The molecule has 0 aliphatic heterocycles. The quantitative estimate of drug-likeness (QED) is 0.835. The molecule has 0 radical (unpaired) electrons. The topological polar surface area (TPSA) is 47.6 Å². The second-order valence-electron chi connectivity index (χ2n) is 4.99. The van der Waals surface area contributed by atoms with E-state index >= 15 is 0 Å². The van der Waals surface area contributed by atoms with Crippen molar-refractivity contribution in [2.75, 3.05) is 14.2 Å². The monoisotopic (exact) mass is 341 g/mol. The molecule has 0 amide bonds. The number of carbonyl (C=O) groups is 1. The third kappa shape index (κ3) is 3.52. The van der Waals surface area contributed by atoms with Crippen molar-refractivity contribution in [3.63, 3.8) is 0 Å². The molecule has 1 aliphatic carbocycles. The molecular formula is C15H20BrNO3. The maximum absolute atomic E-state index is 12.1. The third-order valence-corrected chi connectivity index (χ3v) is 4.19. The van der Waals surface area contributed by atoms with Crippen LogP contribution in [0.5, 0.6) is 5.75 Å². The highest BCUT2D eigenvalue weighted by Crippen LogP contribution is 2.31. The molecule has 0 aromatic heterocycles. The minimum atomic E-state index is -0.490. The smallest absolute Gasteiger partial charge is 0.327 e. The molecule has 1 atom stereocenters. The Kier molecular flexibility index (Phi) is 5.43. The van der Waals surface area contributed by atoms with Gasteiger partial charge in [-0.05, 0) is 31.0 Å². The summed E-state index contributed by atoms with van der Waals surface area (Å²) >= 11 is 3.44. The van der Waals surface area contributed by atoms with Gasteiger partial charge < -0.3 is 9.47 Å². The maximum atomic E-state index is 12.1. The average Bonchev–Trinajstić information content (AvgIpc) is 2.97.